The summed E-state index contributed by atoms with van der Waals surface area (Å²) in [5.74, 6) is 0.925. The normalized spacial score (nSPS) is 27.3. The number of anilines is 1. The Bertz CT molecular complexity index is 486. The standard InChI is InChI=1S/C18H27BrN2/c1-13(20-2)16-12-15(19)9-10-18(16)21-11-5-7-14-6-3-4-8-17(14)21/h9-10,12-14,17,20H,3-8,11H2,1-2H3/t13?,14-,17-/m1/s1. The molecule has 3 heteroatoms. The molecule has 0 radical (unpaired) electrons. The SMILES string of the molecule is CNC(C)c1cc(Br)ccc1N1CCC[C@H]2CCCC[C@H]21. The fraction of sp³-hybridized carbons (Fsp3) is 0.667. The fourth-order valence-corrected chi connectivity index (χ4v) is 4.59. The fourth-order valence-electron chi connectivity index (χ4n) is 4.21. The molecule has 2 fully saturated rings. The number of hydrogen-bond donors (Lipinski definition) is 1. The van der Waals surface area contributed by atoms with Crippen molar-refractivity contribution in [3.8, 4) is 0 Å². The van der Waals surface area contributed by atoms with Crippen molar-refractivity contribution in [2.24, 2.45) is 5.92 Å². The summed E-state index contributed by atoms with van der Waals surface area (Å²) in [4.78, 5) is 2.73. The third kappa shape index (κ3) is 3.14. The van der Waals surface area contributed by atoms with E-state index >= 15 is 0 Å². The number of halogens is 1. The van der Waals surface area contributed by atoms with Gasteiger partial charge in [0.25, 0.3) is 0 Å². The average Bonchev–Trinajstić information content (AvgIpc) is 2.53. The lowest BCUT2D eigenvalue weighted by Gasteiger charge is -2.46. The number of fused-ring (bicyclic) bond motifs is 1. The number of benzene rings is 1. The summed E-state index contributed by atoms with van der Waals surface area (Å²) >= 11 is 3.64. The van der Waals surface area contributed by atoms with Gasteiger partial charge in [-0.15, -0.1) is 0 Å². The van der Waals surface area contributed by atoms with Gasteiger partial charge < -0.3 is 10.2 Å². The lowest BCUT2D eigenvalue weighted by molar-refractivity contribution is 0.243. The summed E-state index contributed by atoms with van der Waals surface area (Å²) in [6, 6.07) is 7.99. The van der Waals surface area contributed by atoms with Crippen LogP contribution in [0.4, 0.5) is 5.69 Å². The molecule has 116 valence electrons. The Kier molecular flexibility index (Phi) is 4.90. The van der Waals surface area contributed by atoms with Gasteiger partial charge in [-0.1, -0.05) is 28.8 Å². The van der Waals surface area contributed by atoms with Crippen molar-refractivity contribution in [2.75, 3.05) is 18.5 Å². The Hall–Kier alpha value is -0.540. The Morgan fingerprint density at radius 3 is 2.76 bits per heavy atom. The molecule has 0 spiro atoms. The molecule has 1 heterocycles. The molecule has 1 saturated carbocycles. The van der Waals surface area contributed by atoms with Gasteiger partial charge in [-0.3, -0.25) is 0 Å². The molecule has 1 aromatic carbocycles. The van der Waals surface area contributed by atoms with E-state index in [4.69, 9.17) is 0 Å². The van der Waals surface area contributed by atoms with Crippen LogP contribution in [0.15, 0.2) is 22.7 Å². The maximum atomic E-state index is 3.64. The largest absolute Gasteiger partial charge is 0.368 e. The highest BCUT2D eigenvalue weighted by molar-refractivity contribution is 9.10. The second kappa shape index (κ2) is 6.70. The minimum absolute atomic E-state index is 0.390. The maximum absolute atomic E-state index is 3.64. The van der Waals surface area contributed by atoms with Crippen molar-refractivity contribution in [2.45, 2.75) is 57.5 Å². The summed E-state index contributed by atoms with van der Waals surface area (Å²) in [5.41, 5.74) is 2.88. The minimum Gasteiger partial charge on any atom is -0.368 e. The molecule has 1 aliphatic carbocycles. The highest BCUT2D eigenvalue weighted by Gasteiger charge is 2.34. The van der Waals surface area contributed by atoms with Crippen LogP contribution in [0, 0.1) is 5.92 Å². The molecule has 1 aromatic rings. The van der Waals surface area contributed by atoms with E-state index in [-0.39, 0.29) is 0 Å². The highest BCUT2D eigenvalue weighted by Crippen LogP contribution is 2.40. The van der Waals surface area contributed by atoms with Crippen LogP contribution < -0.4 is 10.2 Å². The molecule has 2 aliphatic rings. The molecule has 1 aliphatic heterocycles. The van der Waals surface area contributed by atoms with Crippen LogP contribution in [0.1, 0.15) is 57.1 Å². The monoisotopic (exact) mass is 350 g/mol. The molecule has 2 nitrogen and oxygen atoms in total. The molecule has 1 N–H and O–H groups in total. The number of nitrogens with zero attached hydrogens (tertiary/aromatic N) is 1. The van der Waals surface area contributed by atoms with Crippen LogP contribution in [0.3, 0.4) is 0 Å². The number of piperidine rings is 1. The topological polar surface area (TPSA) is 15.3 Å². The molecule has 0 bridgehead atoms. The molecule has 1 unspecified atom stereocenters. The van der Waals surface area contributed by atoms with E-state index in [1.165, 1.54) is 60.8 Å². The third-order valence-corrected chi connectivity index (χ3v) is 5.93. The van der Waals surface area contributed by atoms with Gasteiger partial charge in [-0.05, 0) is 69.3 Å². The van der Waals surface area contributed by atoms with Gasteiger partial charge in [-0.2, -0.15) is 0 Å². The van der Waals surface area contributed by atoms with Crippen molar-refractivity contribution in [3.05, 3.63) is 28.2 Å². The van der Waals surface area contributed by atoms with Crippen molar-refractivity contribution in [3.63, 3.8) is 0 Å². The smallest absolute Gasteiger partial charge is 0.0418 e. The van der Waals surface area contributed by atoms with Crippen LogP contribution >= 0.6 is 15.9 Å². The zero-order valence-corrected chi connectivity index (χ0v) is 14.8. The van der Waals surface area contributed by atoms with E-state index in [1.54, 1.807) is 0 Å². The van der Waals surface area contributed by atoms with Crippen LogP contribution in [-0.2, 0) is 0 Å². The molecule has 3 atom stereocenters. The molecule has 1 saturated heterocycles. The van der Waals surface area contributed by atoms with Gasteiger partial charge in [0, 0.05) is 28.8 Å². The van der Waals surface area contributed by atoms with E-state index in [0.717, 1.165) is 12.0 Å². The van der Waals surface area contributed by atoms with Crippen molar-refractivity contribution in [1.29, 1.82) is 0 Å². The minimum atomic E-state index is 0.390. The van der Waals surface area contributed by atoms with Crippen LogP contribution in [-0.4, -0.2) is 19.6 Å². The van der Waals surface area contributed by atoms with Gasteiger partial charge in [0.1, 0.15) is 0 Å². The average molecular weight is 351 g/mol. The lowest BCUT2D eigenvalue weighted by atomic mass is 9.78. The highest BCUT2D eigenvalue weighted by atomic mass is 79.9. The summed E-state index contributed by atoms with van der Waals surface area (Å²) in [6.45, 7) is 3.49. The summed E-state index contributed by atoms with van der Waals surface area (Å²) < 4.78 is 1.18. The third-order valence-electron chi connectivity index (χ3n) is 5.44. The lowest BCUT2D eigenvalue weighted by Crippen LogP contribution is -2.47. The number of rotatable bonds is 3. The van der Waals surface area contributed by atoms with Gasteiger partial charge in [0.2, 0.25) is 0 Å². The van der Waals surface area contributed by atoms with Crippen molar-refractivity contribution < 1.29 is 0 Å². The van der Waals surface area contributed by atoms with Crippen LogP contribution in [0.2, 0.25) is 0 Å². The summed E-state index contributed by atoms with van der Waals surface area (Å²) in [7, 11) is 2.05. The Labute approximate surface area is 137 Å². The molecular formula is C18H27BrN2. The van der Waals surface area contributed by atoms with Crippen LogP contribution in [0.25, 0.3) is 0 Å². The zero-order valence-electron chi connectivity index (χ0n) is 13.2. The summed E-state index contributed by atoms with van der Waals surface area (Å²) in [5, 5.41) is 3.41. The Morgan fingerprint density at radius 2 is 1.95 bits per heavy atom. The van der Waals surface area contributed by atoms with Gasteiger partial charge in [-0.25, -0.2) is 0 Å². The molecule has 0 amide bonds. The molecule has 21 heavy (non-hydrogen) atoms. The quantitative estimate of drug-likeness (QED) is 0.834. The first-order valence-electron chi connectivity index (χ1n) is 8.44. The Balaban J connectivity index is 1.94. The van der Waals surface area contributed by atoms with E-state index in [1.807, 2.05) is 0 Å². The van der Waals surface area contributed by atoms with E-state index in [2.05, 4.69) is 58.3 Å². The Morgan fingerprint density at radius 1 is 1.19 bits per heavy atom. The van der Waals surface area contributed by atoms with E-state index < -0.39 is 0 Å². The second-order valence-electron chi connectivity index (χ2n) is 6.66. The summed E-state index contributed by atoms with van der Waals surface area (Å²) in [6.07, 6.45) is 8.46. The van der Waals surface area contributed by atoms with Gasteiger partial charge in [0.15, 0.2) is 0 Å². The maximum Gasteiger partial charge on any atom is 0.0418 e. The van der Waals surface area contributed by atoms with Crippen LogP contribution in [0.5, 0.6) is 0 Å². The molecule has 3 rings (SSSR count). The second-order valence-corrected chi connectivity index (χ2v) is 7.58. The first-order valence-corrected chi connectivity index (χ1v) is 9.23. The van der Waals surface area contributed by atoms with E-state index in [9.17, 15) is 0 Å². The molecular weight excluding hydrogens is 324 g/mol. The van der Waals surface area contributed by atoms with Gasteiger partial charge in [0.05, 0.1) is 0 Å². The molecule has 0 aromatic heterocycles. The van der Waals surface area contributed by atoms with Gasteiger partial charge >= 0.3 is 0 Å². The predicted octanol–water partition coefficient (Wildman–Crippen LogP) is 4.89. The van der Waals surface area contributed by atoms with Crippen molar-refractivity contribution >= 4 is 21.6 Å². The predicted molar refractivity (Wildman–Crippen MR) is 93.9 cm³/mol. The first-order chi connectivity index (χ1) is 10.2. The van der Waals surface area contributed by atoms with E-state index in [0.29, 0.717) is 6.04 Å². The first kappa shape index (κ1) is 15.4. The number of hydrogen-bond acceptors (Lipinski definition) is 2. The number of nitrogens with one attached hydrogen (secondary N) is 1. The zero-order chi connectivity index (χ0) is 14.8. The van der Waals surface area contributed by atoms with Crippen molar-refractivity contribution in [1.82, 2.24) is 5.32 Å².